The lowest BCUT2D eigenvalue weighted by atomic mass is 10.0. The number of carbonyl (C=O) groups is 1. The average Bonchev–Trinajstić information content (AvgIpc) is 2.82. The summed E-state index contributed by atoms with van der Waals surface area (Å²) in [5, 5.41) is 6.31. The highest BCUT2D eigenvalue weighted by atomic mass is 79.9. The van der Waals surface area contributed by atoms with E-state index in [0.29, 0.717) is 23.2 Å². The van der Waals surface area contributed by atoms with Gasteiger partial charge in [0.1, 0.15) is 5.75 Å². The number of nitrogens with one attached hydrogen (secondary N) is 2. The third kappa shape index (κ3) is 17.0. The molecule has 1 aromatic rings. The number of hydrogen-bond donors (Lipinski definition) is 2. The number of ether oxygens (including phenoxy) is 1. The molecule has 35 heavy (non-hydrogen) atoms. The van der Waals surface area contributed by atoms with Gasteiger partial charge in [-0.05, 0) is 65.1 Å². The van der Waals surface area contributed by atoms with Crippen molar-refractivity contribution >= 4 is 39.2 Å². The molecular weight excluding hydrogens is 520 g/mol. The number of thiocarbonyl (C=S) groups is 1. The van der Waals surface area contributed by atoms with Gasteiger partial charge in [0.25, 0.3) is 5.91 Å². The van der Waals surface area contributed by atoms with Gasteiger partial charge in [0.05, 0.1) is 11.1 Å². The summed E-state index contributed by atoms with van der Waals surface area (Å²) >= 11 is 8.79. The zero-order chi connectivity index (χ0) is 25.7. The first-order valence-corrected chi connectivity index (χ1v) is 15.2. The van der Waals surface area contributed by atoms with E-state index in [1.165, 1.54) is 83.5 Å². The van der Waals surface area contributed by atoms with Crippen LogP contribution in [0, 0.1) is 5.92 Å². The van der Waals surface area contributed by atoms with E-state index in [2.05, 4.69) is 47.3 Å². The summed E-state index contributed by atoms with van der Waals surface area (Å²) in [5.41, 5.74) is 0.550. The molecular formula is C29H49BrN2O2S. The van der Waals surface area contributed by atoms with Gasteiger partial charge in [0.15, 0.2) is 5.11 Å². The Labute approximate surface area is 228 Å². The van der Waals surface area contributed by atoms with Crippen molar-refractivity contribution in [3.05, 3.63) is 28.2 Å². The lowest BCUT2D eigenvalue weighted by Gasteiger charge is -2.12. The third-order valence-corrected chi connectivity index (χ3v) is 7.06. The summed E-state index contributed by atoms with van der Waals surface area (Å²) in [6, 6.07) is 5.36. The number of rotatable bonds is 20. The third-order valence-electron chi connectivity index (χ3n) is 6.19. The largest absolute Gasteiger partial charge is 0.492 e. The van der Waals surface area contributed by atoms with Crippen molar-refractivity contribution in [2.24, 2.45) is 5.92 Å². The molecule has 0 aliphatic rings. The van der Waals surface area contributed by atoms with E-state index in [-0.39, 0.29) is 5.91 Å². The monoisotopic (exact) mass is 568 g/mol. The highest BCUT2D eigenvalue weighted by Gasteiger charge is 2.11. The number of halogens is 1. The van der Waals surface area contributed by atoms with E-state index < -0.39 is 0 Å². The quantitative estimate of drug-likeness (QED) is 0.122. The summed E-state index contributed by atoms with van der Waals surface area (Å²) in [7, 11) is 0. The normalized spacial score (nSPS) is 11.0. The maximum absolute atomic E-state index is 12.5. The molecule has 1 aromatic carbocycles. The first kappa shape index (κ1) is 31.9. The van der Waals surface area contributed by atoms with Crippen LogP contribution in [0.3, 0.4) is 0 Å². The van der Waals surface area contributed by atoms with Crippen molar-refractivity contribution in [3.8, 4) is 5.75 Å². The minimum absolute atomic E-state index is 0.210. The predicted molar refractivity (Wildman–Crippen MR) is 157 cm³/mol. The molecule has 0 bridgehead atoms. The number of unbranched alkanes of at least 4 members (excludes halogenated alkanes) is 13. The molecule has 0 atom stereocenters. The van der Waals surface area contributed by atoms with Crippen molar-refractivity contribution in [1.29, 1.82) is 0 Å². The molecule has 0 aromatic heterocycles. The van der Waals surface area contributed by atoms with Crippen LogP contribution in [-0.4, -0.2) is 24.2 Å². The van der Waals surface area contributed by atoms with E-state index in [9.17, 15) is 4.79 Å². The second-order valence-corrected chi connectivity index (χ2v) is 11.2. The van der Waals surface area contributed by atoms with Crippen molar-refractivity contribution < 1.29 is 9.53 Å². The van der Waals surface area contributed by atoms with Crippen LogP contribution in [-0.2, 0) is 0 Å². The number of hydrogen-bond acceptors (Lipinski definition) is 3. The maximum atomic E-state index is 12.5. The summed E-state index contributed by atoms with van der Waals surface area (Å²) in [4.78, 5) is 12.5. The van der Waals surface area contributed by atoms with Gasteiger partial charge in [-0.2, -0.15) is 0 Å². The Morgan fingerprint density at radius 3 is 1.97 bits per heavy atom. The molecule has 0 saturated carbocycles. The molecule has 0 heterocycles. The standard InChI is InChI=1S/C29H49BrN2O2S/c1-4-5-6-7-8-9-10-11-12-13-14-15-16-17-21-31-29(35)32-28(33)25-18-19-27(26(30)23-25)34-22-20-24(2)3/h18-19,23-24H,4-17,20-22H2,1-3H3,(H2,31,32,33,35). The minimum Gasteiger partial charge on any atom is -0.492 e. The average molecular weight is 570 g/mol. The van der Waals surface area contributed by atoms with Gasteiger partial charge in [0.2, 0.25) is 0 Å². The minimum atomic E-state index is -0.210. The molecule has 0 spiro atoms. The fourth-order valence-electron chi connectivity index (χ4n) is 3.90. The Morgan fingerprint density at radius 1 is 0.914 bits per heavy atom. The number of benzene rings is 1. The SMILES string of the molecule is CCCCCCCCCCCCCCCCNC(=S)NC(=O)c1ccc(OCCC(C)C)c(Br)c1. The van der Waals surface area contributed by atoms with Gasteiger partial charge in [-0.1, -0.05) is 104 Å². The fourth-order valence-corrected chi connectivity index (χ4v) is 4.59. The van der Waals surface area contributed by atoms with Crippen LogP contribution in [0.2, 0.25) is 0 Å². The maximum Gasteiger partial charge on any atom is 0.257 e. The fraction of sp³-hybridized carbons (Fsp3) is 0.724. The van der Waals surface area contributed by atoms with Crippen molar-refractivity contribution in [1.82, 2.24) is 10.6 Å². The molecule has 0 aliphatic carbocycles. The number of carbonyl (C=O) groups excluding carboxylic acids is 1. The zero-order valence-corrected chi connectivity index (χ0v) is 24.8. The molecule has 200 valence electrons. The van der Waals surface area contributed by atoms with E-state index in [1.54, 1.807) is 12.1 Å². The lowest BCUT2D eigenvalue weighted by molar-refractivity contribution is 0.0976. The van der Waals surface area contributed by atoms with Crippen LogP contribution in [0.1, 0.15) is 127 Å². The molecule has 4 nitrogen and oxygen atoms in total. The second kappa shape index (κ2) is 21.0. The zero-order valence-electron chi connectivity index (χ0n) is 22.4. The molecule has 0 saturated heterocycles. The number of amides is 1. The van der Waals surface area contributed by atoms with Gasteiger partial charge in [-0.25, -0.2) is 0 Å². The molecule has 1 amide bonds. The molecule has 0 aliphatic heterocycles. The van der Waals surface area contributed by atoms with E-state index >= 15 is 0 Å². The van der Waals surface area contributed by atoms with Crippen LogP contribution >= 0.6 is 28.1 Å². The molecule has 2 N–H and O–H groups in total. The molecule has 0 radical (unpaired) electrons. The Kier molecular flexibility index (Phi) is 19.1. The van der Waals surface area contributed by atoms with Gasteiger partial charge < -0.3 is 10.1 Å². The van der Waals surface area contributed by atoms with E-state index in [4.69, 9.17) is 17.0 Å². The highest BCUT2D eigenvalue weighted by Crippen LogP contribution is 2.26. The van der Waals surface area contributed by atoms with Crippen LogP contribution < -0.4 is 15.4 Å². The van der Waals surface area contributed by atoms with E-state index in [0.717, 1.165) is 29.6 Å². The highest BCUT2D eigenvalue weighted by molar-refractivity contribution is 9.10. The van der Waals surface area contributed by atoms with Crippen LogP contribution in [0.5, 0.6) is 5.75 Å². The van der Waals surface area contributed by atoms with Gasteiger partial charge in [-0.15, -0.1) is 0 Å². The smallest absolute Gasteiger partial charge is 0.257 e. The van der Waals surface area contributed by atoms with Crippen LogP contribution in [0.15, 0.2) is 22.7 Å². The molecule has 6 heteroatoms. The summed E-state index contributed by atoms with van der Waals surface area (Å²) < 4.78 is 6.56. The Morgan fingerprint density at radius 2 is 1.46 bits per heavy atom. The summed E-state index contributed by atoms with van der Waals surface area (Å²) in [6.45, 7) is 8.07. The Balaban J connectivity index is 2.04. The van der Waals surface area contributed by atoms with Crippen LogP contribution in [0.4, 0.5) is 0 Å². The second-order valence-electron chi connectivity index (χ2n) is 9.98. The molecule has 1 rings (SSSR count). The first-order chi connectivity index (χ1) is 16.9. The molecule has 0 unspecified atom stereocenters. The lowest BCUT2D eigenvalue weighted by Crippen LogP contribution is -2.39. The predicted octanol–water partition coefficient (Wildman–Crippen LogP) is 8.96. The van der Waals surface area contributed by atoms with Crippen molar-refractivity contribution in [3.63, 3.8) is 0 Å². The Hall–Kier alpha value is -1.14. The van der Waals surface area contributed by atoms with E-state index in [1.807, 2.05) is 6.07 Å². The van der Waals surface area contributed by atoms with Crippen molar-refractivity contribution in [2.45, 2.75) is 117 Å². The first-order valence-electron chi connectivity index (χ1n) is 14.0. The van der Waals surface area contributed by atoms with Gasteiger partial charge in [0, 0.05) is 12.1 Å². The summed E-state index contributed by atoms with van der Waals surface area (Å²) in [5.74, 6) is 1.13. The summed E-state index contributed by atoms with van der Waals surface area (Å²) in [6.07, 6.45) is 19.8. The Bertz CT molecular complexity index is 712. The van der Waals surface area contributed by atoms with Gasteiger partial charge in [-0.3, -0.25) is 10.1 Å². The van der Waals surface area contributed by atoms with Crippen molar-refractivity contribution in [2.75, 3.05) is 13.2 Å². The molecule has 0 fully saturated rings. The van der Waals surface area contributed by atoms with Crippen LogP contribution in [0.25, 0.3) is 0 Å². The van der Waals surface area contributed by atoms with Gasteiger partial charge >= 0.3 is 0 Å². The topological polar surface area (TPSA) is 50.4 Å².